The molecule has 1 aromatic heterocycles. The van der Waals surface area contributed by atoms with Crippen LogP contribution in [0.15, 0.2) is 42.5 Å². The zero-order valence-electron chi connectivity index (χ0n) is 16.2. The van der Waals surface area contributed by atoms with Gasteiger partial charge in [-0.2, -0.15) is 0 Å². The van der Waals surface area contributed by atoms with Gasteiger partial charge in [-0.15, -0.1) is 5.10 Å². The maximum absolute atomic E-state index is 12.5. The Hall–Kier alpha value is -2.70. The van der Waals surface area contributed by atoms with Crippen LogP contribution < -0.4 is 5.32 Å². The molecule has 0 atom stereocenters. The Kier molecular flexibility index (Phi) is 6.44. The fourth-order valence-electron chi connectivity index (χ4n) is 2.79. The Morgan fingerprint density at radius 3 is 2.64 bits per heavy atom. The predicted molar refractivity (Wildman–Crippen MR) is 110 cm³/mol. The molecular formula is C21H23ClN4O2. The molecule has 0 aliphatic heterocycles. The fraction of sp³-hybridized carbons (Fsp3) is 0.286. The third kappa shape index (κ3) is 4.40. The lowest BCUT2D eigenvalue weighted by Crippen LogP contribution is -2.26. The second kappa shape index (κ2) is 8.99. The molecule has 3 rings (SSSR count). The van der Waals surface area contributed by atoms with Crippen LogP contribution in [0.5, 0.6) is 0 Å². The molecule has 1 N–H and O–H groups in total. The monoisotopic (exact) mass is 398 g/mol. The van der Waals surface area contributed by atoms with Gasteiger partial charge < -0.3 is 10.1 Å². The van der Waals surface area contributed by atoms with Crippen LogP contribution >= 0.6 is 11.6 Å². The zero-order valence-corrected chi connectivity index (χ0v) is 17.0. The van der Waals surface area contributed by atoms with E-state index in [9.17, 15) is 4.79 Å². The summed E-state index contributed by atoms with van der Waals surface area (Å²) in [5, 5.41) is 7.95. The number of benzene rings is 2. The van der Waals surface area contributed by atoms with E-state index in [0.717, 1.165) is 28.8 Å². The van der Waals surface area contributed by atoms with Gasteiger partial charge in [0.2, 0.25) is 5.82 Å². The molecule has 2 aromatic carbocycles. The largest absolute Gasteiger partial charge is 0.385 e. The quantitative estimate of drug-likeness (QED) is 0.611. The molecule has 0 fully saturated rings. The Labute approximate surface area is 169 Å². The van der Waals surface area contributed by atoms with Crippen molar-refractivity contribution < 1.29 is 9.53 Å². The van der Waals surface area contributed by atoms with Crippen LogP contribution in [0.1, 0.15) is 28.2 Å². The first-order chi connectivity index (χ1) is 13.5. The van der Waals surface area contributed by atoms with Gasteiger partial charge in [0.05, 0.1) is 5.69 Å². The van der Waals surface area contributed by atoms with Crippen molar-refractivity contribution in [3.63, 3.8) is 0 Å². The van der Waals surface area contributed by atoms with Crippen LogP contribution in [0.25, 0.3) is 17.1 Å². The second-order valence-corrected chi connectivity index (χ2v) is 6.93. The molecule has 28 heavy (non-hydrogen) atoms. The van der Waals surface area contributed by atoms with Crippen LogP contribution in [0.2, 0.25) is 5.02 Å². The number of halogens is 1. The normalized spacial score (nSPS) is 10.9. The maximum Gasteiger partial charge on any atom is 0.290 e. The smallest absolute Gasteiger partial charge is 0.290 e. The lowest BCUT2D eigenvalue weighted by atomic mass is 10.1. The summed E-state index contributed by atoms with van der Waals surface area (Å²) in [6, 6.07) is 13.5. The van der Waals surface area contributed by atoms with Crippen LogP contribution in [-0.4, -0.2) is 40.9 Å². The van der Waals surface area contributed by atoms with E-state index in [1.54, 1.807) is 11.8 Å². The van der Waals surface area contributed by atoms with Gasteiger partial charge in [0.25, 0.3) is 5.91 Å². The van der Waals surface area contributed by atoms with Crippen LogP contribution in [0.4, 0.5) is 0 Å². The molecule has 146 valence electrons. The number of rotatable bonds is 7. The summed E-state index contributed by atoms with van der Waals surface area (Å²) >= 11 is 6.30. The number of carbonyl (C=O) groups excluding carboxylic acids is 1. The number of nitrogens with one attached hydrogen (secondary N) is 1. The van der Waals surface area contributed by atoms with Gasteiger partial charge in [0.15, 0.2) is 5.82 Å². The van der Waals surface area contributed by atoms with Crippen LogP contribution in [-0.2, 0) is 4.74 Å². The molecule has 0 radical (unpaired) electrons. The fourth-order valence-corrected chi connectivity index (χ4v) is 2.96. The number of methoxy groups -OCH3 is 1. The Bertz CT molecular complexity index is 967. The first-order valence-electron chi connectivity index (χ1n) is 9.08. The van der Waals surface area contributed by atoms with Gasteiger partial charge >= 0.3 is 0 Å². The van der Waals surface area contributed by atoms with Gasteiger partial charge in [-0.05, 0) is 38.0 Å². The second-order valence-electron chi connectivity index (χ2n) is 6.52. The minimum Gasteiger partial charge on any atom is -0.385 e. The number of nitrogens with zero attached hydrogens (tertiary/aromatic N) is 3. The minimum absolute atomic E-state index is 0.118. The van der Waals surface area contributed by atoms with Crippen molar-refractivity contribution >= 4 is 17.5 Å². The summed E-state index contributed by atoms with van der Waals surface area (Å²) in [6.45, 7) is 5.02. The van der Waals surface area contributed by atoms with E-state index in [1.165, 1.54) is 0 Å². The van der Waals surface area contributed by atoms with Crippen molar-refractivity contribution in [3.8, 4) is 17.1 Å². The third-order valence-corrected chi connectivity index (χ3v) is 4.81. The molecule has 1 amide bonds. The topological polar surface area (TPSA) is 69.0 Å². The molecule has 0 aliphatic rings. The average molecular weight is 399 g/mol. The maximum atomic E-state index is 12.5. The van der Waals surface area contributed by atoms with Crippen molar-refractivity contribution in [2.24, 2.45) is 0 Å². The molecule has 0 aliphatic carbocycles. The Morgan fingerprint density at radius 1 is 1.18 bits per heavy atom. The van der Waals surface area contributed by atoms with E-state index in [2.05, 4.69) is 15.4 Å². The molecule has 0 unspecified atom stereocenters. The van der Waals surface area contributed by atoms with Gasteiger partial charge in [0.1, 0.15) is 0 Å². The summed E-state index contributed by atoms with van der Waals surface area (Å²) in [6.07, 6.45) is 0.723. The van der Waals surface area contributed by atoms with Gasteiger partial charge in [0, 0.05) is 30.8 Å². The van der Waals surface area contributed by atoms with Crippen molar-refractivity contribution in [2.75, 3.05) is 20.3 Å². The van der Waals surface area contributed by atoms with Crippen molar-refractivity contribution in [3.05, 3.63) is 64.4 Å². The Morgan fingerprint density at radius 2 is 1.93 bits per heavy atom. The predicted octanol–water partition coefficient (Wildman–Crippen LogP) is 3.97. The summed E-state index contributed by atoms with van der Waals surface area (Å²) in [4.78, 5) is 17.0. The highest BCUT2D eigenvalue weighted by atomic mass is 35.5. The number of hydrogen-bond acceptors (Lipinski definition) is 4. The average Bonchev–Trinajstić information content (AvgIpc) is 3.13. The standard InChI is InChI=1S/C21H23ClN4O2/c1-14-8-10-16(11-9-14)20-24-19(21(27)23-12-5-13-28-3)25-26(20)18-7-4-6-17(22)15(18)2/h4,6-11H,5,12-13H2,1-3H3,(H,23,27). The first kappa shape index (κ1) is 20.0. The van der Waals surface area contributed by atoms with Crippen LogP contribution in [0, 0.1) is 13.8 Å². The lowest BCUT2D eigenvalue weighted by Gasteiger charge is -2.10. The molecule has 7 heteroatoms. The zero-order chi connectivity index (χ0) is 20.1. The summed E-state index contributed by atoms with van der Waals surface area (Å²) in [5.41, 5.74) is 3.67. The van der Waals surface area contributed by atoms with Crippen LogP contribution in [0.3, 0.4) is 0 Å². The highest BCUT2D eigenvalue weighted by Gasteiger charge is 2.20. The summed E-state index contributed by atoms with van der Waals surface area (Å²) < 4.78 is 6.68. The number of aryl methyl sites for hydroxylation is 1. The SMILES string of the molecule is COCCCNC(=O)c1nc(-c2ccc(C)cc2)n(-c2cccc(Cl)c2C)n1. The number of hydrogen-bond donors (Lipinski definition) is 1. The molecule has 6 nitrogen and oxygen atoms in total. The number of carbonyl (C=O) groups is 1. The van der Waals surface area contributed by atoms with Gasteiger partial charge in [-0.25, -0.2) is 9.67 Å². The van der Waals surface area contributed by atoms with E-state index in [1.807, 2.05) is 56.3 Å². The number of ether oxygens (including phenoxy) is 1. The van der Waals surface area contributed by atoms with E-state index in [-0.39, 0.29) is 11.7 Å². The number of amides is 1. The molecule has 0 bridgehead atoms. The van der Waals surface area contributed by atoms with E-state index < -0.39 is 0 Å². The van der Waals surface area contributed by atoms with E-state index in [4.69, 9.17) is 16.3 Å². The highest BCUT2D eigenvalue weighted by Crippen LogP contribution is 2.27. The number of aromatic nitrogens is 3. The van der Waals surface area contributed by atoms with Crippen molar-refractivity contribution in [2.45, 2.75) is 20.3 Å². The molecule has 0 saturated heterocycles. The van der Waals surface area contributed by atoms with Crippen molar-refractivity contribution in [1.29, 1.82) is 0 Å². The van der Waals surface area contributed by atoms with Gasteiger partial charge in [-0.1, -0.05) is 47.5 Å². The first-order valence-corrected chi connectivity index (χ1v) is 9.45. The molecule has 0 saturated carbocycles. The Balaban J connectivity index is 2.01. The molecule has 1 heterocycles. The lowest BCUT2D eigenvalue weighted by molar-refractivity contribution is 0.0938. The minimum atomic E-state index is -0.317. The third-order valence-electron chi connectivity index (χ3n) is 4.40. The summed E-state index contributed by atoms with van der Waals surface area (Å²) in [5.74, 6) is 0.391. The van der Waals surface area contributed by atoms with Gasteiger partial charge in [-0.3, -0.25) is 4.79 Å². The summed E-state index contributed by atoms with van der Waals surface area (Å²) in [7, 11) is 1.63. The van der Waals surface area contributed by atoms with Crippen molar-refractivity contribution in [1.82, 2.24) is 20.1 Å². The molecular weight excluding hydrogens is 376 g/mol. The molecule has 0 spiro atoms. The highest BCUT2D eigenvalue weighted by molar-refractivity contribution is 6.31. The van der Waals surface area contributed by atoms with E-state index in [0.29, 0.717) is 24.0 Å². The molecule has 3 aromatic rings. The van der Waals surface area contributed by atoms with E-state index >= 15 is 0 Å².